The maximum atomic E-state index is 13.3. The quantitative estimate of drug-likeness (QED) is 0.606. The Kier molecular flexibility index (Phi) is 5.83. The van der Waals surface area contributed by atoms with Crippen molar-refractivity contribution < 1.29 is 26.3 Å². The molecule has 0 aromatic heterocycles. The van der Waals surface area contributed by atoms with E-state index in [4.69, 9.17) is 28.9 Å². The van der Waals surface area contributed by atoms with Crippen molar-refractivity contribution in [2.24, 2.45) is 5.73 Å². The minimum Gasteiger partial charge on any atom is -0.319 e. The fourth-order valence-corrected chi connectivity index (χ4v) is 1.62. The number of hydrogen-bond donors (Lipinski definition) is 1. The summed E-state index contributed by atoms with van der Waals surface area (Å²) in [5.41, 5.74) is 3.60. The van der Waals surface area contributed by atoms with Crippen LogP contribution in [0.15, 0.2) is 12.1 Å². The van der Waals surface area contributed by atoms with Gasteiger partial charge in [-0.15, -0.1) is 12.4 Å². The lowest BCUT2D eigenvalue weighted by molar-refractivity contribution is -0.291. The van der Waals surface area contributed by atoms with Gasteiger partial charge in [-0.2, -0.15) is 22.0 Å². The molecule has 0 saturated heterocycles. The zero-order valence-corrected chi connectivity index (χ0v) is 11.1. The standard InChI is InChI=1S/C9H5Cl2F6N.ClH/c10-3-1-2-4(12)5(6(3)11)7(18)8(13,14)9(15,16)17;/h1-2,7H,18H2;1H/t7-;/m1./s1. The molecule has 0 fully saturated rings. The van der Waals surface area contributed by atoms with E-state index in [0.29, 0.717) is 6.07 Å². The highest BCUT2D eigenvalue weighted by atomic mass is 35.5. The summed E-state index contributed by atoms with van der Waals surface area (Å²) in [7, 11) is 0. The van der Waals surface area contributed by atoms with Crippen LogP contribution in [0.25, 0.3) is 0 Å². The second kappa shape index (κ2) is 5.95. The molecular weight excluding hydrogens is 342 g/mol. The van der Waals surface area contributed by atoms with Crippen LogP contribution in [0.1, 0.15) is 11.6 Å². The summed E-state index contributed by atoms with van der Waals surface area (Å²) < 4.78 is 75.6. The van der Waals surface area contributed by atoms with Gasteiger partial charge in [-0.1, -0.05) is 23.2 Å². The molecule has 0 heterocycles. The third-order valence-electron chi connectivity index (χ3n) is 2.16. The van der Waals surface area contributed by atoms with E-state index in [2.05, 4.69) is 0 Å². The summed E-state index contributed by atoms with van der Waals surface area (Å²) in [6.07, 6.45) is -5.93. The van der Waals surface area contributed by atoms with E-state index in [9.17, 15) is 26.3 Å². The van der Waals surface area contributed by atoms with Crippen molar-refractivity contribution in [3.8, 4) is 0 Å². The van der Waals surface area contributed by atoms with E-state index in [1.54, 1.807) is 0 Å². The van der Waals surface area contributed by atoms with Crippen LogP contribution in [0.3, 0.4) is 0 Å². The van der Waals surface area contributed by atoms with Gasteiger partial charge in [0.2, 0.25) is 0 Å². The average Bonchev–Trinajstić information content (AvgIpc) is 2.22. The van der Waals surface area contributed by atoms with Gasteiger partial charge in [-0.3, -0.25) is 0 Å². The zero-order valence-electron chi connectivity index (χ0n) is 8.74. The zero-order chi connectivity index (χ0) is 14.3. The average molecular weight is 349 g/mol. The molecule has 0 aliphatic heterocycles. The van der Waals surface area contributed by atoms with E-state index in [1.165, 1.54) is 0 Å². The summed E-state index contributed by atoms with van der Waals surface area (Å²) in [4.78, 5) is 0. The molecule has 0 amide bonds. The third-order valence-corrected chi connectivity index (χ3v) is 2.98. The molecule has 1 aromatic rings. The summed E-state index contributed by atoms with van der Waals surface area (Å²) in [5.74, 6) is -6.72. The summed E-state index contributed by atoms with van der Waals surface area (Å²) in [6.45, 7) is 0. The van der Waals surface area contributed by atoms with E-state index in [-0.39, 0.29) is 17.4 Å². The first-order chi connectivity index (χ1) is 8.00. The van der Waals surface area contributed by atoms with E-state index < -0.39 is 34.5 Å². The van der Waals surface area contributed by atoms with Crippen LogP contribution >= 0.6 is 35.6 Å². The first-order valence-corrected chi connectivity index (χ1v) is 5.09. The lowest BCUT2D eigenvalue weighted by atomic mass is 10.0. The van der Waals surface area contributed by atoms with Crippen molar-refractivity contribution in [3.63, 3.8) is 0 Å². The number of halogens is 9. The second-order valence-corrected chi connectivity index (χ2v) is 4.14. The van der Waals surface area contributed by atoms with E-state index >= 15 is 0 Å². The van der Waals surface area contributed by atoms with Gasteiger partial charge < -0.3 is 5.73 Å². The van der Waals surface area contributed by atoms with Gasteiger partial charge in [0.15, 0.2) is 0 Å². The van der Waals surface area contributed by atoms with Crippen molar-refractivity contribution in [1.29, 1.82) is 0 Å². The molecule has 0 aliphatic carbocycles. The minimum absolute atomic E-state index is 0. The van der Waals surface area contributed by atoms with Crippen LogP contribution in [0.4, 0.5) is 26.3 Å². The highest BCUT2D eigenvalue weighted by Gasteiger charge is 2.62. The number of hydrogen-bond acceptors (Lipinski definition) is 1. The topological polar surface area (TPSA) is 26.0 Å². The molecule has 1 rings (SSSR count). The van der Waals surface area contributed by atoms with Gasteiger partial charge in [-0.05, 0) is 12.1 Å². The maximum absolute atomic E-state index is 13.3. The molecule has 0 bridgehead atoms. The Bertz CT molecular complexity index is 462. The molecule has 19 heavy (non-hydrogen) atoms. The SMILES string of the molecule is Cl.N[C@H](c1c(F)ccc(Cl)c1Cl)C(F)(F)C(F)(F)F. The van der Waals surface area contributed by atoms with Gasteiger partial charge in [0.25, 0.3) is 0 Å². The van der Waals surface area contributed by atoms with Gasteiger partial charge in [0.1, 0.15) is 11.9 Å². The van der Waals surface area contributed by atoms with Crippen LogP contribution in [-0.4, -0.2) is 12.1 Å². The third kappa shape index (κ3) is 3.39. The van der Waals surface area contributed by atoms with Gasteiger partial charge in [0, 0.05) is 5.56 Å². The first-order valence-electron chi connectivity index (χ1n) is 4.33. The Labute approximate surface area is 120 Å². The Hall–Kier alpha value is -0.370. The van der Waals surface area contributed by atoms with Crippen molar-refractivity contribution in [2.45, 2.75) is 18.1 Å². The van der Waals surface area contributed by atoms with Crippen LogP contribution in [0.5, 0.6) is 0 Å². The number of alkyl halides is 5. The molecule has 0 unspecified atom stereocenters. The second-order valence-electron chi connectivity index (χ2n) is 3.36. The van der Waals surface area contributed by atoms with E-state index in [1.807, 2.05) is 0 Å². The smallest absolute Gasteiger partial charge is 0.319 e. The van der Waals surface area contributed by atoms with Gasteiger partial charge in [-0.25, -0.2) is 4.39 Å². The van der Waals surface area contributed by atoms with Crippen LogP contribution < -0.4 is 5.73 Å². The fourth-order valence-electron chi connectivity index (χ4n) is 1.19. The molecular formula is C9H6Cl3F6N. The minimum atomic E-state index is -5.93. The molecule has 1 atom stereocenters. The van der Waals surface area contributed by atoms with Crippen molar-refractivity contribution in [2.75, 3.05) is 0 Å². The Morgan fingerprint density at radius 3 is 1.95 bits per heavy atom. The molecule has 10 heteroatoms. The molecule has 110 valence electrons. The highest BCUT2D eigenvalue weighted by Crippen LogP contribution is 2.46. The Morgan fingerprint density at radius 2 is 1.53 bits per heavy atom. The highest BCUT2D eigenvalue weighted by molar-refractivity contribution is 6.42. The van der Waals surface area contributed by atoms with Gasteiger partial charge >= 0.3 is 12.1 Å². The number of benzene rings is 1. The Balaban J connectivity index is 0.00000324. The van der Waals surface area contributed by atoms with Crippen molar-refractivity contribution >= 4 is 35.6 Å². The predicted molar refractivity (Wildman–Crippen MR) is 61.6 cm³/mol. The molecule has 1 nitrogen and oxygen atoms in total. The monoisotopic (exact) mass is 347 g/mol. The molecule has 0 saturated carbocycles. The largest absolute Gasteiger partial charge is 0.455 e. The van der Waals surface area contributed by atoms with Crippen LogP contribution in [0.2, 0.25) is 10.0 Å². The fraction of sp³-hybridized carbons (Fsp3) is 0.333. The number of nitrogens with two attached hydrogens (primary N) is 1. The molecule has 0 spiro atoms. The summed E-state index contributed by atoms with van der Waals surface area (Å²) in [6, 6.07) is -1.46. The molecule has 0 radical (unpaired) electrons. The predicted octanol–water partition coefficient (Wildman–Crippen LogP) is 4.75. The maximum Gasteiger partial charge on any atom is 0.455 e. The first kappa shape index (κ1) is 18.6. The van der Waals surface area contributed by atoms with Crippen molar-refractivity contribution in [3.05, 3.63) is 33.6 Å². The summed E-state index contributed by atoms with van der Waals surface area (Å²) in [5, 5.41) is -1.14. The lowest BCUT2D eigenvalue weighted by Crippen LogP contribution is -2.46. The Morgan fingerprint density at radius 1 is 1.05 bits per heavy atom. The molecule has 1 aromatic carbocycles. The molecule has 0 aliphatic rings. The van der Waals surface area contributed by atoms with Crippen LogP contribution in [-0.2, 0) is 0 Å². The number of rotatable bonds is 2. The molecule has 2 N–H and O–H groups in total. The summed E-state index contributed by atoms with van der Waals surface area (Å²) >= 11 is 10.8. The van der Waals surface area contributed by atoms with Crippen LogP contribution in [0, 0.1) is 5.82 Å². The lowest BCUT2D eigenvalue weighted by Gasteiger charge is -2.26. The van der Waals surface area contributed by atoms with Gasteiger partial charge in [0.05, 0.1) is 10.0 Å². The normalized spacial score (nSPS) is 13.9. The van der Waals surface area contributed by atoms with E-state index in [0.717, 1.165) is 6.07 Å². The van der Waals surface area contributed by atoms with Crippen molar-refractivity contribution in [1.82, 2.24) is 0 Å².